The first kappa shape index (κ1) is 11.0. The molecule has 0 bridgehead atoms. The summed E-state index contributed by atoms with van der Waals surface area (Å²) < 4.78 is 0.982. The highest BCUT2D eigenvalue weighted by atomic mass is 79.9. The molecule has 0 radical (unpaired) electrons. The van der Waals surface area contributed by atoms with Crippen LogP contribution < -0.4 is 0 Å². The number of fused-ring (bicyclic) bond motifs is 1. The van der Waals surface area contributed by atoms with Crippen LogP contribution in [-0.4, -0.2) is 10.1 Å². The van der Waals surface area contributed by atoms with E-state index >= 15 is 0 Å². The lowest BCUT2D eigenvalue weighted by molar-refractivity contribution is 0.457. The third-order valence-electron chi connectivity index (χ3n) is 3.56. The average molecular weight is 292 g/mol. The number of aromatic hydroxyl groups is 1. The predicted molar refractivity (Wildman–Crippen MR) is 72.3 cm³/mol. The number of hydrogen-bond donors (Lipinski definition) is 1. The highest BCUT2D eigenvalue weighted by Gasteiger charge is 2.22. The number of hydrogen-bond acceptors (Lipinski definition) is 2. The van der Waals surface area contributed by atoms with E-state index in [-0.39, 0.29) is 0 Å². The molecule has 3 heteroatoms. The highest BCUT2D eigenvalue weighted by Crippen LogP contribution is 2.39. The van der Waals surface area contributed by atoms with Crippen molar-refractivity contribution < 1.29 is 5.11 Å². The van der Waals surface area contributed by atoms with E-state index in [9.17, 15) is 5.11 Å². The normalized spacial score (nSPS) is 16.8. The third kappa shape index (κ3) is 1.93. The number of aromatic nitrogens is 1. The van der Waals surface area contributed by atoms with Gasteiger partial charge < -0.3 is 5.11 Å². The lowest BCUT2D eigenvalue weighted by atomic mass is 10.0. The number of halogens is 1. The van der Waals surface area contributed by atoms with Gasteiger partial charge in [-0.25, -0.2) is 4.98 Å². The van der Waals surface area contributed by atoms with Crippen LogP contribution in [-0.2, 0) is 0 Å². The first-order valence-electron chi connectivity index (χ1n) is 6.04. The van der Waals surface area contributed by atoms with Crippen molar-refractivity contribution in [2.24, 2.45) is 0 Å². The van der Waals surface area contributed by atoms with E-state index in [1.165, 1.54) is 12.8 Å². The Bertz CT molecular complexity index is 561. The Morgan fingerprint density at radius 2 is 2.00 bits per heavy atom. The molecule has 1 saturated carbocycles. The van der Waals surface area contributed by atoms with Gasteiger partial charge in [0.05, 0.1) is 11.2 Å². The van der Waals surface area contributed by atoms with Crippen molar-refractivity contribution in [3.05, 3.63) is 34.4 Å². The Kier molecular flexibility index (Phi) is 2.79. The van der Waals surface area contributed by atoms with Crippen molar-refractivity contribution in [1.82, 2.24) is 4.98 Å². The summed E-state index contributed by atoms with van der Waals surface area (Å²) in [4.78, 5) is 4.64. The number of benzene rings is 1. The predicted octanol–water partition coefficient (Wildman–Crippen LogP) is 4.36. The molecule has 88 valence electrons. The number of rotatable bonds is 1. The molecule has 0 amide bonds. The van der Waals surface area contributed by atoms with Crippen LogP contribution in [0.3, 0.4) is 0 Å². The first-order chi connectivity index (χ1) is 8.25. The molecule has 3 rings (SSSR count). The van der Waals surface area contributed by atoms with Gasteiger partial charge in [0.15, 0.2) is 0 Å². The van der Waals surface area contributed by atoms with Crippen molar-refractivity contribution in [1.29, 1.82) is 0 Å². The number of pyridine rings is 1. The van der Waals surface area contributed by atoms with Gasteiger partial charge in [0, 0.05) is 15.8 Å². The fraction of sp³-hybridized carbons (Fsp3) is 0.357. The molecule has 1 N–H and O–H groups in total. The van der Waals surface area contributed by atoms with Crippen LogP contribution >= 0.6 is 15.9 Å². The second kappa shape index (κ2) is 4.30. The molecule has 0 spiro atoms. The van der Waals surface area contributed by atoms with E-state index in [1.54, 1.807) is 0 Å². The van der Waals surface area contributed by atoms with Gasteiger partial charge in [-0.1, -0.05) is 34.8 Å². The Balaban J connectivity index is 2.17. The molecule has 17 heavy (non-hydrogen) atoms. The monoisotopic (exact) mass is 291 g/mol. The zero-order valence-corrected chi connectivity index (χ0v) is 11.1. The molecule has 1 heterocycles. The van der Waals surface area contributed by atoms with Crippen LogP contribution in [0.2, 0.25) is 0 Å². The molecular weight excluding hydrogens is 278 g/mol. The van der Waals surface area contributed by atoms with E-state index in [4.69, 9.17) is 0 Å². The van der Waals surface area contributed by atoms with Gasteiger partial charge in [0.1, 0.15) is 5.75 Å². The molecule has 1 fully saturated rings. The van der Waals surface area contributed by atoms with Crippen LogP contribution in [0.4, 0.5) is 0 Å². The molecular formula is C14H14BrNO. The van der Waals surface area contributed by atoms with E-state index in [1.807, 2.05) is 24.3 Å². The average Bonchev–Trinajstić information content (AvgIpc) is 2.83. The Hall–Kier alpha value is -1.09. The van der Waals surface area contributed by atoms with Gasteiger partial charge in [-0.05, 0) is 31.0 Å². The summed E-state index contributed by atoms with van der Waals surface area (Å²) in [6.07, 6.45) is 4.81. The van der Waals surface area contributed by atoms with E-state index in [2.05, 4.69) is 20.9 Å². The van der Waals surface area contributed by atoms with Gasteiger partial charge in [-0.3, -0.25) is 0 Å². The quantitative estimate of drug-likeness (QED) is 0.847. The van der Waals surface area contributed by atoms with Gasteiger partial charge in [-0.15, -0.1) is 0 Å². The van der Waals surface area contributed by atoms with E-state index in [0.717, 1.165) is 33.9 Å². The summed E-state index contributed by atoms with van der Waals surface area (Å²) in [5.41, 5.74) is 1.84. The summed E-state index contributed by atoms with van der Waals surface area (Å²) in [5, 5.41) is 11.1. The summed E-state index contributed by atoms with van der Waals surface area (Å²) in [6, 6.07) is 7.78. The molecule has 1 aromatic heterocycles. The third-order valence-corrected chi connectivity index (χ3v) is 4.25. The summed E-state index contributed by atoms with van der Waals surface area (Å²) in [6.45, 7) is 0. The highest BCUT2D eigenvalue weighted by molar-refractivity contribution is 9.10. The van der Waals surface area contributed by atoms with E-state index in [0.29, 0.717) is 11.7 Å². The molecule has 0 saturated heterocycles. The molecule has 2 aromatic rings. The van der Waals surface area contributed by atoms with Crippen molar-refractivity contribution in [2.45, 2.75) is 31.6 Å². The first-order valence-corrected chi connectivity index (χ1v) is 6.83. The Labute approximate surface area is 109 Å². The lowest BCUT2D eigenvalue weighted by Gasteiger charge is -2.12. The minimum Gasteiger partial charge on any atom is -0.506 e. The summed E-state index contributed by atoms with van der Waals surface area (Å²) >= 11 is 3.49. The van der Waals surface area contributed by atoms with Crippen molar-refractivity contribution in [3.8, 4) is 5.75 Å². The minimum atomic E-state index is 0.344. The van der Waals surface area contributed by atoms with Crippen LogP contribution in [0, 0.1) is 0 Å². The maximum Gasteiger partial charge on any atom is 0.138 e. The van der Waals surface area contributed by atoms with Crippen LogP contribution in [0.15, 0.2) is 28.7 Å². The number of nitrogens with zero attached hydrogens (tertiary/aromatic N) is 1. The van der Waals surface area contributed by atoms with Crippen molar-refractivity contribution in [3.63, 3.8) is 0 Å². The standard InChI is InChI=1S/C14H14BrNO/c15-11-6-3-7-12-10(11)8-13(17)14(16-12)9-4-1-2-5-9/h3,6-9,17H,1-2,4-5H2. The molecule has 1 aromatic carbocycles. The van der Waals surface area contributed by atoms with Crippen LogP contribution in [0.25, 0.3) is 10.9 Å². The lowest BCUT2D eigenvalue weighted by Crippen LogP contribution is -1.97. The zero-order valence-electron chi connectivity index (χ0n) is 9.49. The molecule has 2 nitrogen and oxygen atoms in total. The van der Waals surface area contributed by atoms with Crippen molar-refractivity contribution >= 4 is 26.8 Å². The SMILES string of the molecule is Oc1cc2c(Br)cccc2nc1C1CCCC1. The fourth-order valence-electron chi connectivity index (χ4n) is 2.66. The second-order valence-electron chi connectivity index (χ2n) is 4.68. The van der Waals surface area contributed by atoms with Gasteiger partial charge >= 0.3 is 0 Å². The summed E-state index contributed by atoms with van der Waals surface area (Å²) in [5.74, 6) is 0.787. The smallest absolute Gasteiger partial charge is 0.138 e. The molecule has 1 aliphatic rings. The molecule has 0 atom stereocenters. The molecule has 0 unspecified atom stereocenters. The zero-order chi connectivity index (χ0) is 11.8. The minimum absolute atomic E-state index is 0.344. The van der Waals surface area contributed by atoms with Gasteiger partial charge in [-0.2, -0.15) is 0 Å². The van der Waals surface area contributed by atoms with Crippen LogP contribution in [0.5, 0.6) is 5.75 Å². The largest absolute Gasteiger partial charge is 0.506 e. The fourth-order valence-corrected chi connectivity index (χ4v) is 3.13. The molecule has 0 aliphatic heterocycles. The molecule has 1 aliphatic carbocycles. The second-order valence-corrected chi connectivity index (χ2v) is 5.53. The Morgan fingerprint density at radius 1 is 1.24 bits per heavy atom. The summed E-state index contributed by atoms with van der Waals surface area (Å²) in [7, 11) is 0. The maximum absolute atomic E-state index is 10.1. The van der Waals surface area contributed by atoms with Gasteiger partial charge in [0.2, 0.25) is 0 Å². The Morgan fingerprint density at radius 3 is 2.76 bits per heavy atom. The topological polar surface area (TPSA) is 33.1 Å². The van der Waals surface area contributed by atoms with Crippen LogP contribution in [0.1, 0.15) is 37.3 Å². The van der Waals surface area contributed by atoms with Crippen molar-refractivity contribution in [2.75, 3.05) is 0 Å². The van der Waals surface area contributed by atoms with Gasteiger partial charge in [0.25, 0.3) is 0 Å². The van der Waals surface area contributed by atoms with E-state index < -0.39 is 0 Å². The maximum atomic E-state index is 10.1.